The molecule has 1 aromatic carbocycles. The molecule has 138 valence electrons. The summed E-state index contributed by atoms with van der Waals surface area (Å²) in [5.41, 5.74) is 1.28. The van der Waals surface area contributed by atoms with Crippen LogP contribution in [0.5, 0.6) is 0 Å². The Morgan fingerprint density at radius 1 is 1.04 bits per heavy atom. The van der Waals surface area contributed by atoms with Crippen molar-refractivity contribution in [1.29, 1.82) is 0 Å². The summed E-state index contributed by atoms with van der Waals surface area (Å²) in [4.78, 5) is 12.8. The van der Waals surface area contributed by atoms with E-state index < -0.39 is 0 Å². The van der Waals surface area contributed by atoms with Crippen molar-refractivity contribution in [3.05, 3.63) is 35.9 Å². The number of rotatable bonds is 5. The van der Waals surface area contributed by atoms with Crippen LogP contribution in [0.2, 0.25) is 0 Å². The molecule has 2 bridgehead atoms. The van der Waals surface area contributed by atoms with Crippen LogP contribution in [0, 0.1) is 11.8 Å². The van der Waals surface area contributed by atoms with Crippen LogP contribution >= 0.6 is 12.4 Å². The molecular formula is C21H31ClN2O. The lowest BCUT2D eigenvalue weighted by molar-refractivity contribution is -0.123. The quantitative estimate of drug-likeness (QED) is 0.816. The van der Waals surface area contributed by atoms with E-state index in [1.807, 2.05) is 0 Å². The van der Waals surface area contributed by atoms with Crippen molar-refractivity contribution >= 4 is 18.3 Å². The van der Waals surface area contributed by atoms with Gasteiger partial charge in [-0.1, -0.05) is 43.2 Å². The SMILES string of the molecule is Cl.O=C(CC1CC2CCC(C1)N2)NC(c1ccccc1)C1CCCC1. The minimum absolute atomic E-state index is 0. The smallest absolute Gasteiger partial charge is 0.220 e. The molecule has 0 radical (unpaired) electrons. The second-order valence-corrected chi connectivity index (χ2v) is 8.18. The van der Waals surface area contributed by atoms with Crippen molar-refractivity contribution in [1.82, 2.24) is 10.6 Å². The van der Waals surface area contributed by atoms with Crippen LogP contribution in [0.25, 0.3) is 0 Å². The standard InChI is InChI=1S/C21H30N2O.ClH/c24-20(14-15-12-18-10-11-19(13-15)22-18)23-21(17-8-4-5-9-17)16-6-2-1-3-7-16;/h1-3,6-7,15,17-19,21-22H,4-5,8-14H2,(H,23,24);1H. The second-order valence-electron chi connectivity index (χ2n) is 8.18. The Morgan fingerprint density at radius 2 is 1.68 bits per heavy atom. The zero-order valence-corrected chi connectivity index (χ0v) is 15.8. The third-order valence-electron chi connectivity index (χ3n) is 6.39. The fraction of sp³-hybridized carbons (Fsp3) is 0.667. The van der Waals surface area contributed by atoms with Gasteiger partial charge in [-0.05, 0) is 55.9 Å². The van der Waals surface area contributed by atoms with Gasteiger partial charge in [-0.15, -0.1) is 12.4 Å². The molecule has 4 rings (SSSR count). The Bertz CT molecular complexity index is 546. The van der Waals surface area contributed by atoms with Crippen LogP contribution in [-0.2, 0) is 4.79 Å². The zero-order valence-electron chi connectivity index (χ0n) is 15.0. The van der Waals surface area contributed by atoms with E-state index in [9.17, 15) is 4.79 Å². The van der Waals surface area contributed by atoms with E-state index in [4.69, 9.17) is 0 Å². The number of carbonyl (C=O) groups excluding carboxylic acids is 1. The minimum atomic E-state index is 0. The predicted octanol–water partition coefficient (Wildman–Crippen LogP) is 4.38. The van der Waals surface area contributed by atoms with Crippen LogP contribution in [-0.4, -0.2) is 18.0 Å². The van der Waals surface area contributed by atoms with Crippen LogP contribution in [0.1, 0.15) is 69.4 Å². The summed E-state index contributed by atoms with van der Waals surface area (Å²) in [7, 11) is 0. The zero-order chi connectivity index (χ0) is 16.4. The number of hydrogen-bond acceptors (Lipinski definition) is 2. The number of halogens is 1. The highest BCUT2D eigenvalue weighted by Gasteiger charge is 2.35. The molecule has 2 aliphatic heterocycles. The maximum atomic E-state index is 12.8. The molecule has 3 aliphatic rings. The molecule has 3 nitrogen and oxygen atoms in total. The topological polar surface area (TPSA) is 41.1 Å². The third kappa shape index (κ3) is 4.57. The van der Waals surface area contributed by atoms with Crippen LogP contribution in [0.3, 0.4) is 0 Å². The van der Waals surface area contributed by atoms with Gasteiger partial charge in [-0.2, -0.15) is 0 Å². The first-order valence-corrected chi connectivity index (χ1v) is 9.88. The highest BCUT2D eigenvalue weighted by Crippen LogP contribution is 2.36. The van der Waals surface area contributed by atoms with Gasteiger partial charge in [-0.3, -0.25) is 4.79 Å². The normalized spacial score (nSPS) is 29.8. The van der Waals surface area contributed by atoms with E-state index in [1.54, 1.807) is 0 Å². The molecule has 4 heteroatoms. The maximum absolute atomic E-state index is 12.8. The largest absolute Gasteiger partial charge is 0.349 e. The van der Waals surface area contributed by atoms with Crippen LogP contribution in [0.4, 0.5) is 0 Å². The van der Waals surface area contributed by atoms with Crippen LogP contribution < -0.4 is 10.6 Å². The average Bonchev–Trinajstić information content (AvgIpc) is 3.23. The van der Waals surface area contributed by atoms with E-state index >= 15 is 0 Å². The Kier molecular flexibility index (Phi) is 6.40. The molecule has 2 heterocycles. The summed E-state index contributed by atoms with van der Waals surface area (Å²) in [6.45, 7) is 0. The molecule has 3 fully saturated rings. The summed E-state index contributed by atoms with van der Waals surface area (Å²) in [6.07, 6.45) is 10.8. The highest BCUT2D eigenvalue weighted by molar-refractivity contribution is 5.85. The molecule has 0 aromatic heterocycles. The summed E-state index contributed by atoms with van der Waals surface area (Å²) in [5, 5.41) is 7.09. The number of piperidine rings is 1. The van der Waals surface area contributed by atoms with Gasteiger partial charge in [0.25, 0.3) is 0 Å². The van der Waals surface area contributed by atoms with Gasteiger partial charge in [0.05, 0.1) is 6.04 Å². The van der Waals surface area contributed by atoms with Gasteiger partial charge in [0.1, 0.15) is 0 Å². The maximum Gasteiger partial charge on any atom is 0.220 e. The Morgan fingerprint density at radius 3 is 2.32 bits per heavy atom. The van der Waals surface area contributed by atoms with Crippen molar-refractivity contribution in [2.75, 3.05) is 0 Å². The molecule has 0 spiro atoms. The fourth-order valence-corrected chi connectivity index (χ4v) is 5.26. The van der Waals surface area contributed by atoms with E-state index in [0.717, 1.165) is 0 Å². The number of carbonyl (C=O) groups is 1. The van der Waals surface area contributed by atoms with Gasteiger partial charge in [0.15, 0.2) is 0 Å². The summed E-state index contributed by atoms with van der Waals surface area (Å²) < 4.78 is 0. The molecule has 25 heavy (non-hydrogen) atoms. The van der Waals surface area contributed by atoms with E-state index in [1.165, 1.54) is 56.9 Å². The molecule has 1 aliphatic carbocycles. The number of benzene rings is 1. The van der Waals surface area contributed by atoms with Gasteiger partial charge in [-0.25, -0.2) is 0 Å². The van der Waals surface area contributed by atoms with E-state index in [2.05, 4.69) is 41.0 Å². The summed E-state index contributed by atoms with van der Waals surface area (Å²) in [6, 6.07) is 12.1. The molecule has 3 atom stereocenters. The molecule has 1 saturated carbocycles. The minimum Gasteiger partial charge on any atom is -0.349 e. The molecule has 3 unspecified atom stereocenters. The van der Waals surface area contributed by atoms with Gasteiger partial charge < -0.3 is 10.6 Å². The first-order valence-electron chi connectivity index (χ1n) is 9.88. The third-order valence-corrected chi connectivity index (χ3v) is 6.39. The monoisotopic (exact) mass is 362 g/mol. The lowest BCUT2D eigenvalue weighted by Gasteiger charge is -2.30. The van der Waals surface area contributed by atoms with Crippen molar-refractivity contribution in [3.8, 4) is 0 Å². The van der Waals surface area contributed by atoms with Crippen molar-refractivity contribution < 1.29 is 4.79 Å². The summed E-state index contributed by atoms with van der Waals surface area (Å²) in [5.74, 6) is 1.45. The predicted molar refractivity (Wildman–Crippen MR) is 104 cm³/mol. The lowest BCUT2D eigenvalue weighted by atomic mass is 9.88. The van der Waals surface area contributed by atoms with E-state index in [-0.39, 0.29) is 24.4 Å². The molecule has 2 saturated heterocycles. The van der Waals surface area contributed by atoms with Crippen molar-refractivity contribution in [3.63, 3.8) is 0 Å². The summed E-state index contributed by atoms with van der Waals surface area (Å²) >= 11 is 0. The van der Waals surface area contributed by atoms with Crippen molar-refractivity contribution in [2.24, 2.45) is 11.8 Å². The Labute approximate surface area is 157 Å². The van der Waals surface area contributed by atoms with Gasteiger partial charge in [0.2, 0.25) is 5.91 Å². The number of nitrogens with one attached hydrogen (secondary N) is 2. The molecule has 2 N–H and O–H groups in total. The lowest BCUT2D eigenvalue weighted by Crippen LogP contribution is -2.40. The number of amides is 1. The fourth-order valence-electron chi connectivity index (χ4n) is 5.26. The second kappa shape index (κ2) is 8.55. The van der Waals surface area contributed by atoms with Gasteiger partial charge in [0, 0.05) is 18.5 Å². The van der Waals surface area contributed by atoms with Crippen molar-refractivity contribution in [2.45, 2.75) is 75.9 Å². The van der Waals surface area contributed by atoms with Crippen LogP contribution in [0.15, 0.2) is 30.3 Å². The first-order chi connectivity index (χ1) is 11.8. The number of hydrogen-bond donors (Lipinski definition) is 2. The highest BCUT2D eigenvalue weighted by atomic mass is 35.5. The first kappa shape index (κ1) is 18.7. The Balaban J connectivity index is 0.00000182. The molecule has 1 amide bonds. The Hall–Kier alpha value is -1.06. The molecule has 1 aromatic rings. The van der Waals surface area contributed by atoms with E-state index in [0.29, 0.717) is 30.3 Å². The van der Waals surface area contributed by atoms with Gasteiger partial charge >= 0.3 is 0 Å². The average molecular weight is 363 g/mol. The number of fused-ring (bicyclic) bond motifs is 2. The molecular weight excluding hydrogens is 332 g/mol.